The van der Waals surface area contributed by atoms with E-state index in [1.807, 2.05) is 0 Å². The molecule has 0 atom stereocenters. The average molecular weight is 286 g/mol. The van der Waals surface area contributed by atoms with Gasteiger partial charge in [0, 0.05) is 6.92 Å². The van der Waals surface area contributed by atoms with Crippen molar-refractivity contribution in [3.8, 4) is 0 Å². The minimum atomic E-state index is -0.833. The standard InChI is InChI=1S/C16H34.C2H4O2/c1-3-5-7-9-11-13-15-16-14-12-10-8-6-4-2;1-2(3)4/h3-16H2,1-2H3;1H3,(H,3,4). The fourth-order valence-electron chi connectivity index (χ4n) is 2.27. The van der Waals surface area contributed by atoms with E-state index < -0.39 is 5.97 Å². The number of aliphatic carboxylic acids is 1. The molecule has 0 aromatic heterocycles. The van der Waals surface area contributed by atoms with Crippen molar-refractivity contribution < 1.29 is 9.90 Å². The van der Waals surface area contributed by atoms with Crippen LogP contribution in [0.15, 0.2) is 0 Å². The molecule has 2 heteroatoms. The van der Waals surface area contributed by atoms with Gasteiger partial charge in [0.25, 0.3) is 5.97 Å². The van der Waals surface area contributed by atoms with E-state index in [0.29, 0.717) is 0 Å². The van der Waals surface area contributed by atoms with Gasteiger partial charge in [0.15, 0.2) is 0 Å². The summed E-state index contributed by atoms with van der Waals surface area (Å²) >= 11 is 0. The van der Waals surface area contributed by atoms with Crippen LogP contribution >= 0.6 is 0 Å². The summed E-state index contributed by atoms with van der Waals surface area (Å²) in [5, 5.41) is 7.42. The number of carbonyl (C=O) groups is 1. The van der Waals surface area contributed by atoms with Gasteiger partial charge in [-0.15, -0.1) is 0 Å². The van der Waals surface area contributed by atoms with Crippen LogP contribution in [0, 0.1) is 0 Å². The van der Waals surface area contributed by atoms with Crippen molar-refractivity contribution in [1.29, 1.82) is 0 Å². The third kappa shape index (κ3) is 30.5. The molecule has 0 aromatic carbocycles. The summed E-state index contributed by atoms with van der Waals surface area (Å²) < 4.78 is 0. The summed E-state index contributed by atoms with van der Waals surface area (Å²) in [6.07, 6.45) is 20.4. The first-order chi connectivity index (χ1) is 9.65. The quantitative estimate of drug-likeness (QED) is 0.388. The molecule has 0 spiro atoms. The van der Waals surface area contributed by atoms with Crippen LogP contribution in [0.5, 0.6) is 0 Å². The van der Waals surface area contributed by atoms with Crippen LogP contribution < -0.4 is 0 Å². The summed E-state index contributed by atoms with van der Waals surface area (Å²) in [5.41, 5.74) is 0. The van der Waals surface area contributed by atoms with E-state index in [9.17, 15) is 0 Å². The zero-order valence-corrected chi connectivity index (χ0v) is 14.3. The first kappa shape index (κ1) is 21.8. The Morgan fingerprint density at radius 2 is 0.750 bits per heavy atom. The number of rotatable bonds is 13. The van der Waals surface area contributed by atoms with Crippen LogP contribution in [0.25, 0.3) is 0 Å². The second-order valence-electron chi connectivity index (χ2n) is 5.76. The van der Waals surface area contributed by atoms with Gasteiger partial charge >= 0.3 is 0 Å². The largest absolute Gasteiger partial charge is 0.481 e. The Labute approximate surface area is 127 Å². The van der Waals surface area contributed by atoms with Crippen LogP contribution in [-0.2, 0) is 4.79 Å². The molecule has 0 saturated carbocycles. The van der Waals surface area contributed by atoms with Gasteiger partial charge in [-0.3, -0.25) is 4.79 Å². The van der Waals surface area contributed by atoms with Crippen LogP contribution in [0.4, 0.5) is 0 Å². The number of carboxylic acids is 1. The van der Waals surface area contributed by atoms with Crippen molar-refractivity contribution in [2.75, 3.05) is 0 Å². The molecule has 0 rings (SSSR count). The highest BCUT2D eigenvalue weighted by Crippen LogP contribution is 2.12. The molecule has 0 aromatic rings. The fourth-order valence-corrected chi connectivity index (χ4v) is 2.27. The molecular weight excluding hydrogens is 248 g/mol. The molecule has 0 heterocycles. The molecule has 122 valence electrons. The Morgan fingerprint density at radius 1 is 0.600 bits per heavy atom. The lowest BCUT2D eigenvalue weighted by molar-refractivity contribution is -0.134. The minimum Gasteiger partial charge on any atom is -0.481 e. The number of hydrogen-bond acceptors (Lipinski definition) is 1. The summed E-state index contributed by atoms with van der Waals surface area (Å²) in [6, 6.07) is 0. The molecule has 0 fully saturated rings. The predicted molar refractivity (Wildman–Crippen MR) is 89.3 cm³/mol. The van der Waals surface area contributed by atoms with Crippen LogP contribution in [0.3, 0.4) is 0 Å². The number of unbranched alkanes of at least 4 members (excludes halogenated alkanes) is 13. The zero-order chi connectivity index (χ0) is 15.5. The Morgan fingerprint density at radius 3 is 0.900 bits per heavy atom. The smallest absolute Gasteiger partial charge is 0.300 e. The lowest BCUT2D eigenvalue weighted by atomic mass is 10.0. The highest BCUT2D eigenvalue weighted by atomic mass is 16.4. The lowest BCUT2D eigenvalue weighted by Gasteiger charge is -2.02. The topological polar surface area (TPSA) is 37.3 Å². The molecule has 1 N–H and O–H groups in total. The SMILES string of the molecule is CC(=O)O.CCCCCCCCCCCCCCCC. The Hall–Kier alpha value is -0.530. The molecule has 0 aliphatic carbocycles. The van der Waals surface area contributed by atoms with Crippen molar-refractivity contribution in [2.24, 2.45) is 0 Å². The predicted octanol–water partition coefficient (Wildman–Crippen LogP) is 6.58. The van der Waals surface area contributed by atoms with Gasteiger partial charge in [0.05, 0.1) is 0 Å². The normalized spacial score (nSPS) is 9.95. The van der Waals surface area contributed by atoms with Gasteiger partial charge in [-0.25, -0.2) is 0 Å². The molecule has 0 unspecified atom stereocenters. The van der Waals surface area contributed by atoms with Crippen molar-refractivity contribution in [3.63, 3.8) is 0 Å². The number of hydrogen-bond donors (Lipinski definition) is 1. The first-order valence-corrected chi connectivity index (χ1v) is 8.84. The summed E-state index contributed by atoms with van der Waals surface area (Å²) in [4.78, 5) is 9.00. The molecule has 0 saturated heterocycles. The van der Waals surface area contributed by atoms with Gasteiger partial charge in [-0.1, -0.05) is 104 Å². The Kier molecular flexibility index (Phi) is 22.6. The molecule has 0 aliphatic heterocycles. The van der Waals surface area contributed by atoms with Gasteiger partial charge in [0.2, 0.25) is 0 Å². The molecular formula is C18H38O2. The second-order valence-corrected chi connectivity index (χ2v) is 5.76. The van der Waals surface area contributed by atoms with Crippen molar-refractivity contribution in [1.82, 2.24) is 0 Å². The molecule has 2 nitrogen and oxygen atoms in total. The van der Waals surface area contributed by atoms with E-state index in [1.165, 1.54) is 89.9 Å². The van der Waals surface area contributed by atoms with E-state index in [2.05, 4.69) is 13.8 Å². The first-order valence-electron chi connectivity index (χ1n) is 8.84. The Balaban J connectivity index is 0. The van der Waals surface area contributed by atoms with Crippen molar-refractivity contribution in [3.05, 3.63) is 0 Å². The molecule has 0 aliphatic rings. The number of carboxylic acid groups (broad SMARTS) is 1. The lowest BCUT2D eigenvalue weighted by Crippen LogP contribution is -1.82. The zero-order valence-electron chi connectivity index (χ0n) is 14.3. The van der Waals surface area contributed by atoms with Crippen molar-refractivity contribution >= 4 is 5.97 Å². The van der Waals surface area contributed by atoms with Crippen molar-refractivity contribution in [2.45, 2.75) is 111 Å². The van der Waals surface area contributed by atoms with Gasteiger partial charge in [-0.05, 0) is 0 Å². The summed E-state index contributed by atoms with van der Waals surface area (Å²) in [7, 11) is 0. The van der Waals surface area contributed by atoms with E-state index >= 15 is 0 Å². The summed E-state index contributed by atoms with van der Waals surface area (Å²) in [6.45, 7) is 5.66. The average Bonchev–Trinajstić information content (AvgIpc) is 2.39. The van der Waals surface area contributed by atoms with Gasteiger partial charge < -0.3 is 5.11 Å². The van der Waals surface area contributed by atoms with Gasteiger partial charge in [0.1, 0.15) is 0 Å². The maximum atomic E-state index is 9.00. The van der Waals surface area contributed by atoms with Crippen LogP contribution in [0.1, 0.15) is 111 Å². The maximum Gasteiger partial charge on any atom is 0.300 e. The molecule has 0 amide bonds. The van der Waals surface area contributed by atoms with E-state index in [1.54, 1.807) is 0 Å². The summed E-state index contributed by atoms with van der Waals surface area (Å²) in [5.74, 6) is -0.833. The third-order valence-electron chi connectivity index (χ3n) is 3.46. The highest BCUT2D eigenvalue weighted by molar-refractivity contribution is 5.62. The van der Waals surface area contributed by atoms with Crippen LogP contribution in [-0.4, -0.2) is 11.1 Å². The molecule has 20 heavy (non-hydrogen) atoms. The molecule has 0 radical (unpaired) electrons. The third-order valence-corrected chi connectivity index (χ3v) is 3.46. The highest BCUT2D eigenvalue weighted by Gasteiger charge is 1.92. The maximum absolute atomic E-state index is 9.00. The monoisotopic (exact) mass is 286 g/mol. The van der Waals surface area contributed by atoms with Crippen LogP contribution in [0.2, 0.25) is 0 Å². The second kappa shape index (κ2) is 20.8. The molecule has 0 bridgehead atoms. The van der Waals surface area contributed by atoms with E-state index in [0.717, 1.165) is 6.92 Å². The fraction of sp³-hybridized carbons (Fsp3) is 0.944. The van der Waals surface area contributed by atoms with Gasteiger partial charge in [-0.2, -0.15) is 0 Å². The van der Waals surface area contributed by atoms with E-state index in [-0.39, 0.29) is 0 Å². The Bertz CT molecular complexity index is 160. The minimum absolute atomic E-state index is 0.833. The van der Waals surface area contributed by atoms with E-state index in [4.69, 9.17) is 9.90 Å².